The van der Waals surface area contributed by atoms with Gasteiger partial charge in [0, 0.05) is 16.5 Å². The third-order valence-electron chi connectivity index (χ3n) is 3.81. The maximum Gasteiger partial charge on any atom is 0.123 e. The Morgan fingerprint density at radius 2 is 1.65 bits per heavy atom. The van der Waals surface area contributed by atoms with Crippen LogP contribution in [-0.4, -0.2) is 7.05 Å². The van der Waals surface area contributed by atoms with Gasteiger partial charge in [-0.25, -0.2) is 4.39 Å². The van der Waals surface area contributed by atoms with Gasteiger partial charge in [0.1, 0.15) is 5.82 Å². The van der Waals surface area contributed by atoms with Crippen LogP contribution >= 0.6 is 11.6 Å². The molecule has 2 aromatic carbocycles. The molecule has 1 N–H and O–H groups in total. The van der Waals surface area contributed by atoms with Crippen LogP contribution in [-0.2, 0) is 5.41 Å². The van der Waals surface area contributed by atoms with Gasteiger partial charge in [0.2, 0.25) is 0 Å². The number of nitrogens with one attached hydrogen (secondary N) is 1. The summed E-state index contributed by atoms with van der Waals surface area (Å²) < 4.78 is 13.1. The fourth-order valence-electron chi connectivity index (χ4n) is 2.66. The summed E-state index contributed by atoms with van der Waals surface area (Å²) in [4.78, 5) is 0. The average Bonchev–Trinajstić information content (AvgIpc) is 2.42. The number of hydrogen-bond acceptors (Lipinski definition) is 1. The number of hydrogen-bond donors (Lipinski definition) is 1. The highest BCUT2D eigenvalue weighted by Crippen LogP contribution is 2.39. The highest BCUT2D eigenvalue weighted by Gasteiger charge is 2.32. The van der Waals surface area contributed by atoms with E-state index in [2.05, 4.69) is 19.2 Å². The number of benzene rings is 2. The minimum Gasteiger partial charge on any atom is -0.312 e. The Labute approximate surface area is 124 Å². The van der Waals surface area contributed by atoms with Gasteiger partial charge < -0.3 is 5.32 Å². The quantitative estimate of drug-likeness (QED) is 0.859. The highest BCUT2D eigenvalue weighted by atomic mass is 35.5. The molecule has 0 amide bonds. The Balaban J connectivity index is 2.44. The van der Waals surface area contributed by atoms with Crippen molar-refractivity contribution in [3.63, 3.8) is 0 Å². The van der Waals surface area contributed by atoms with Crippen LogP contribution in [0.15, 0.2) is 48.5 Å². The van der Waals surface area contributed by atoms with E-state index in [9.17, 15) is 4.39 Å². The molecule has 0 heterocycles. The van der Waals surface area contributed by atoms with E-state index in [4.69, 9.17) is 11.6 Å². The zero-order chi connectivity index (χ0) is 14.8. The second-order valence-corrected chi connectivity index (χ2v) is 5.88. The monoisotopic (exact) mass is 291 g/mol. The summed E-state index contributed by atoms with van der Waals surface area (Å²) in [6.45, 7) is 4.26. The van der Waals surface area contributed by atoms with Crippen LogP contribution in [0, 0.1) is 5.82 Å². The lowest BCUT2D eigenvalue weighted by atomic mass is 9.75. The number of halogens is 2. The molecule has 0 aliphatic rings. The van der Waals surface area contributed by atoms with Crippen molar-refractivity contribution in [3.8, 4) is 0 Å². The topological polar surface area (TPSA) is 12.0 Å². The van der Waals surface area contributed by atoms with E-state index in [-0.39, 0.29) is 17.3 Å². The van der Waals surface area contributed by atoms with Gasteiger partial charge in [0.05, 0.1) is 0 Å². The zero-order valence-electron chi connectivity index (χ0n) is 12.0. The Morgan fingerprint density at radius 3 is 2.20 bits per heavy atom. The van der Waals surface area contributed by atoms with E-state index in [1.54, 1.807) is 0 Å². The SMILES string of the molecule is CNC(c1ccccc1Cl)C(C)(C)c1ccc(F)cc1. The predicted octanol–water partition coefficient (Wildman–Crippen LogP) is 4.72. The van der Waals surface area contributed by atoms with Gasteiger partial charge in [0.25, 0.3) is 0 Å². The molecule has 0 fully saturated rings. The van der Waals surface area contributed by atoms with Crippen LogP contribution in [0.2, 0.25) is 5.02 Å². The van der Waals surface area contributed by atoms with Gasteiger partial charge in [0.15, 0.2) is 0 Å². The largest absolute Gasteiger partial charge is 0.312 e. The van der Waals surface area contributed by atoms with E-state index < -0.39 is 0 Å². The lowest BCUT2D eigenvalue weighted by molar-refractivity contribution is 0.368. The number of likely N-dealkylation sites (N-methyl/N-ethyl adjacent to an activating group) is 1. The Kier molecular flexibility index (Phi) is 4.46. The van der Waals surface area contributed by atoms with Crippen LogP contribution in [0.5, 0.6) is 0 Å². The van der Waals surface area contributed by atoms with E-state index in [1.807, 2.05) is 43.4 Å². The normalized spacial score (nSPS) is 13.2. The second kappa shape index (κ2) is 5.94. The molecule has 0 aliphatic heterocycles. The van der Waals surface area contributed by atoms with Crippen molar-refractivity contribution in [1.29, 1.82) is 0 Å². The lowest BCUT2D eigenvalue weighted by Crippen LogP contribution is -2.35. The van der Waals surface area contributed by atoms with Gasteiger partial charge in [-0.2, -0.15) is 0 Å². The van der Waals surface area contributed by atoms with Gasteiger partial charge in [-0.3, -0.25) is 0 Å². The Morgan fingerprint density at radius 1 is 1.05 bits per heavy atom. The van der Waals surface area contributed by atoms with Crippen LogP contribution in [0.3, 0.4) is 0 Å². The van der Waals surface area contributed by atoms with Crippen LogP contribution in [0.1, 0.15) is 31.0 Å². The molecular formula is C17H19ClFN. The van der Waals surface area contributed by atoms with Crippen molar-refractivity contribution in [2.45, 2.75) is 25.3 Å². The van der Waals surface area contributed by atoms with Crippen molar-refractivity contribution in [3.05, 3.63) is 70.5 Å². The Hall–Kier alpha value is -1.38. The molecule has 20 heavy (non-hydrogen) atoms. The molecule has 0 aliphatic carbocycles. The molecule has 1 atom stereocenters. The molecule has 3 heteroatoms. The third kappa shape index (κ3) is 2.87. The minimum absolute atomic E-state index is 0.0432. The highest BCUT2D eigenvalue weighted by molar-refractivity contribution is 6.31. The van der Waals surface area contributed by atoms with E-state index in [1.165, 1.54) is 12.1 Å². The van der Waals surface area contributed by atoms with Crippen LogP contribution in [0.25, 0.3) is 0 Å². The fraction of sp³-hybridized carbons (Fsp3) is 0.294. The molecule has 0 aromatic heterocycles. The summed E-state index contributed by atoms with van der Waals surface area (Å²) in [6, 6.07) is 14.5. The maximum atomic E-state index is 13.1. The van der Waals surface area contributed by atoms with Gasteiger partial charge in [-0.1, -0.05) is 55.8 Å². The molecule has 0 saturated carbocycles. The fourth-order valence-corrected chi connectivity index (χ4v) is 2.91. The molecule has 2 aromatic rings. The van der Waals surface area contributed by atoms with Gasteiger partial charge in [-0.15, -0.1) is 0 Å². The van der Waals surface area contributed by atoms with Crippen LogP contribution < -0.4 is 5.32 Å². The van der Waals surface area contributed by atoms with Gasteiger partial charge >= 0.3 is 0 Å². The molecule has 0 spiro atoms. The minimum atomic E-state index is -0.219. The van der Waals surface area contributed by atoms with Gasteiger partial charge in [-0.05, 0) is 36.4 Å². The van der Waals surface area contributed by atoms with Crippen molar-refractivity contribution < 1.29 is 4.39 Å². The van der Waals surface area contributed by atoms with Crippen molar-refractivity contribution in [1.82, 2.24) is 5.32 Å². The zero-order valence-corrected chi connectivity index (χ0v) is 12.7. The summed E-state index contributed by atoms with van der Waals surface area (Å²) in [5.41, 5.74) is 1.90. The second-order valence-electron chi connectivity index (χ2n) is 5.47. The molecular weight excluding hydrogens is 273 g/mol. The van der Waals surface area contributed by atoms with Crippen molar-refractivity contribution in [2.75, 3.05) is 7.05 Å². The maximum absolute atomic E-state index is 13.1. The molecule has 1 unspecified atom stereocenters. The first-order chi connectivity index (χ1) is 9.46. The molecule has 0 bridgehead atoms. The van der Waals surface area contributed by atoms with Crippen molar-refractivity contribution >= 4 is 11.6 Å². The molecule has 0 radical (unpaired) electrons. The summed E-state index contributed by atoms with van der Waals surface area (Å²) >= 11 is 6.32. The van der Waals surface area contributed by atoms with E-state index >= 15 is 0 Å². The van der Waals surface area contributed by atoms with E-state index in [0.717, 1.165) is 16.1 Å². The standard InChI is InChI=1S/C17H19ClFN/c1-17(2,12-8-10-13(19)11-9-12)16(20-3)14-6-4-5-7-15(14)18/h4-11,16,20H,1-3H3. The lowest BCUT2D eigenvalue weighted by Gasteiger charge is -2.35. The molecule has 1 nitrogen and oxygen atoms in total. The first-order valence-corrected chi connectivity index (χ1v) is 7.02. The summed E-state index contributed by atoms with van der Waals surface area (Å²) in [5, 5.41) is 4.07. The van der Waals surface area contributed by atoms with Crippen LogP contribution in [0.4, 0.5) is 4.39 Å². The summed E-state index contributed by atoms with van der Waals surface area (Å²) in [5.74, 6) is -0.219. The smallest absolute Gasteiger partial charge is 0.123 e. The van der Waals surface area contributed by atoms with Crippen molar-refractivity contribution in [2.24, 2.45) is 0 Å². The summed E-state index contributed by atoms with van der Waals surface area (Å²) in [7, 11) is 1.92. The first kappa shape index (κ1) is 15.0. The summed E-state index contributed by atoms with van der Waals surface area (Å²) in [6.07, 6.45) is 0. The average molecular weight is 292 g/mol. The van der Waals surface area contributed by atoms with E-state index in [0.29, 0.717) is 0 Å². The molecule has 106 valence electrons. The Bertz CT molecular complexity index is 578. The predicted molar refractivity (Wildman–Crippen MR) is 82.7 cm³/mol. The first-order valence-electron chi connectivity index (χ1n) is 6.64. The molecule has 0 saturated heterocycles. The number of rotatable bonds is 4. The third-order valence-corrected chi connectivity index (χ3v) is 4.16. The molecule has 2 rings (SSSR count).